The summed E-state index contributed by atoms with van der Waals surface area (Å²) in [4.78, 5) is 26.0. The number of esters is 1. The molecule has 1 aromatic heterocycles. The average molecular weight is 407 g/mol. The highest BCUT2D eigenvalue weighted by Crippen LogP contribution is 2.41. The minimum absolute atomic E-state index is 0.0297. The van der Waals surface area contributed by atoms with Gasteiger partial charge in [0.15, 0.2) is 11.6 Å². The number of rotatable bonds is 4. The van der Waals surface area contributed by atoms with E-state index in [0.717, 1.165) is 19.3 Å². The standard InChI is InChI=1S/C18H16Cl2N4O3/c1-9-21-23-24(22-9)8-13-14(19)5-4-12(17(13)20)18(26)27-16-7-15(25)10-2-3-11(16)6-10/h4-5,7,10-11H,2-3,6,8H2,1H3. The Morgan fingerprint density at radius 1 is 1.30 bits per heavy atom. The number of aromatic nitrogens is 4. The van der Waals surface area contributed by atoms with Gasteiger partial charge in [-0.2, -0.15) is 4.80 Å². The van der Waals surface area contributed by atoms with Crippen LogP contribution in [0.2, 0.25) is 10.0 Å². The maximum absolute atomic E-state index is 12.7. The predicted octanol–water partition coefficient (Wildman–Crippen LogP) is 3.38. The average Bonchev–Trinajstić information content (AvgIpc) is 3.24. The monoisotopic (exact) mass is 406 g/mol. The van der Waals surface area contributed by atoms with Crippen LogP contribution in [0, 0.1) is 18.8 Å². The summed E-state index contributed by atoms with van der Waals surface area (Å²) >= 11 is 12.7. The molecule has 7 nitrogen and oxygen atoms in total. The third kappa shape index (κ3) is 3.49. The highest BCUT2D eigenvalue weighted by molar-refractivity contribution is 6.38. The third-order valence-electron chi connectivity index (χ3n) is 4.99. The molecule has 0 N–H and O–H groups in total. The fourth-order valence-corrected chi connectivity index (χ4v) is 4.15. The van der Waals surface area contributed by atoms with Crippen LogP contribution in [0.5, 0.6) is 0 Å². The second-order valence-electron chi connectivity index (χ2n) is 6.80. The molecule has 0 radical (unpaired) electrons. The van der Waals surface area contributed by atoms with E-state index in [0.29, 0.717) is 22.2 Å². The minimum atomic E-state index is -0.606. The number of fused-ring (bicyclic) bond motifs is 2. The van der Waals surface area contributed by atoms with E-state index in [-0.39, 0.29) is 34.7 Å². The molecule has 2 atom stereocenters. The van der Waals surface area contributed by atoms with Crippen molar-refractivity contribution >= 4 is 35.0 Å². The number of ketones is 1. The molecule has 1 fully saturated rings. The van der Waals surface area contributed by atoms with Crippen molar-refractivity contribution in [2.75, 3.05) is 0 Å². The summed E-state index contributed by atoms with van der Waals surface area (Å²) < 4.78 is 5.53. The molecular formula is C18H16Cl2N4O3. The van der Waals surface area contributed by atoms with Crippen LogP contribution < -0.4 is 0 Å². The number of allylic oxidation sites excluding steroid dienone is 2. The van der Waals surface area contributed by atoms with Crippen LogP contribution in [0.25, 0.3) is 0 Å². The van der Waals surface area contributed by atoms with E-state index in [1.165, 1.54) is 16.9 Å². The second kappa shape index (κ2) is 7.05. The number of benzene rings is 1. The second-order valence-corrected chi connectivity index (χ2v) is 7.59. The first-order valence-corrected chi connectivity index (χ1v) is 9.37. The molecule has 1 saturated carbocycles. The lowest BCUT2D eigenvalue weighted by Crippen LogP contribution is -2.19. The lowest BCUT2D eigenvalue weighted by molar-refractivity contribution is -0.118. The molecule has 0 saturated heterocycles. The van der Waals surface area contributed by atoms with Gasteiger partial charge in [0, 0.05) is 28.5 Å². The quantitative estimate of drug-likeness (QED) is 0.723. The first kappa shape index (κ1) is 18.1. The fraction of sp³-hybridized carbons (Fsp3) is 0.389. The number of tetrazole rings is 1. The van der Waals surface area contributed by atoms with Crippen LogP contribution in [-0.2, 0) is 16.1 Å². The Labute approximate surface area is 165 Å². The topological polar surface area (TPSA) is 87.0 Å². The van der Waals surface area contributed by atoms with E-state index >= 15 is 0 Å². The fourth-order valence-electron chi connectivity index (χ4n) is 3.58. The van der Waals surface area contributed by atoms with E-state index in [2.05, 4.69) is 15.4 Å². The Kier molecular flexibility index (Phi) is 4.74. The van der Waals surface area contributed by atoms with Crippen molar-refractivity contribution in [2.24, 2.45) is 11.8 Å². The molecule has 1 aromatic carbocycles. The van der Waals surface area contributed by atoms with Gasteiger partial charge in [-0.1, -0.05) is 23.2 Å². The lowest BCUT2D eigenvalue weighted by atomic mass is 9.93. The zero-order valence-corrected chi connectivity index (χ0v) is 16.0. The molecule has 9 heteroatoms. The van der Waals surface area contributed by atoms with Crippen molar-refractivity contribution in [3.63, 3.8) is 0 Å². The highest BCUT2D eigenvalue weighted by Gasteiger charge is 2.37. The van der Waals surface area contributed by atoms with Gasteiger partial charge in [0.1, 0.15) is 5.76 Å². The first-order chi connectivity index (χ1) is 12.9. The molecule has 27 heavy (non-hydrogen) atoms. The van der Waals surface area contributed by atoms with Gasteiger partial charge in [-0.25, -0.2) is 4.79 Å². The van der Waals surface area contributed by atoms with Crippen LogP contribution in [-0.4, -0.2) is 32.0 Å². The lowest BCUT2D eigenvalue weighted by Gasteiger charge is -2.19. The van der Waals surface area contributed by atoms with Crippen molar-refractivity contribution in [3.05, 3.63) is 51.0 Å². The molecule has 4 rings (SSSR count). The molecule has 2 bridgehead atoms. The van der Waals surface area contributed by atoms with Crippen LogP contribution in [0.15, 0.2) is 24.0 Å². The highest BCUT2D eigenvalue weighted by atomic mass is 35.5. The Morgan fingerprint density at radius 3 is 2.81 bits per heavy atom. The zero-order chi connectivity index (χ0) is 19.1. The molecular weight excluding hydrogens is 391 g/mol. The van der Waals surface area contributed by atoms with Gasteiger partial charge < -0.3 is 4.74 Å². The number of nitrogens with zero attached hydrogens (tertiary/aromatic N) is 4. The van der Waals surface area contributed by atoms with Gasteiger partial charge in [-0.3, -0.25) is 4.79 Å². The minimum Gasteiger partial charge on any atom is -0.427 e. The summed E-state index contributed by atoms with van der Waals surface area (Å²) in [5, 5.41) is 12.4. The number of carbonyl (C=O) groups is 2. The molecule has 140 valence electrons. The Morgan fingerprint density at radius 2 is 2.07 bits per heavy atom. The van der Waals surface area contributed by atoms with Crippen molar-refractivity contribution in [1.82, 2.24) is 20.2 Å². The molecule has 0 aliphatic heterocycles. The molecule has 2 aliphatic carbocycles. The normalized spacial score (nSPS) is 21.3. The van der Waals surface area contributed by atoms with Crippen LogP contribution in [0.4, 0.5) is 0 Å². The maximum Gasteiger partial charge on any atom is 0.344 e. The number of hydrogen-bond donors (Lipinski definition) is 0. The van der Waals surface area contributed by atoms with Crippen molar-refractivity contribution in [3.8, 4) is 0 Å². The Balaban J connectivity index is 1.59. The van der Waals surface area contributed by atoms with Gasteiger partial charge in [0.05, 0.1) is 17.1 Å². The largest absolute Gasteiger partial charge is 0.427 e. The number of ether oxygens (including phenoxy) is 1. The third-order valence-corrected chi connectivity index (χ3v) is 5.78. The summed E-state index contributed by atoms with van der Waals surface area (Å²) in [5.74, 6) is 0.555. The van der Waals surface area contributed by atoms with Crippen LogP contribution >= 0.6 is 23.2 Å². The van der Waals surface area contributed by atoms with Crippen molar-refractivity contribution < 1.29 is 14.3 Å². The first-order valence-electron chi connectivity index (χ1n) is 8.61. The van der Waals surface area contributed by atoms with Gasteiger partial charge in [0.25, 0.3) is 0 Å². The SMILES string of the molecule is Cc1nnn(Cc2c(Cl)ccc(C(=O)OC3=CC(=O)C4CCC3C4)c2Cl)n1. The number of aryl methyl sites for hydroxylation is 1. The van der Waals surface area contributed by atoms with Crippen LogP contribution in [0.1, 0.15) is 41.0 Å². The summed E-state index contributed by atoms with van der Waals surface area (Å²) in [5.41, 5.74) is 0.682. The van der Waals surface area contributed by atoms with Gasteiger partial charge in [-0.05, 0) is 43.5 Å². The number of carbonyl (C=O) groups excluding carboxylic acids is 2. The van der Waals surface area contributed by atoms with Crippen molar-refractivity contribution in [2.45, 2.75) is 32.7 Å². The summed E-state index contributed by atoms with van der Waals surface area (Å²) in [7, 11) is 0. The van der Waals surface area contributed by atoms with E-state index in [4.69, 9.17) is 27.9 Å². The van der Waals surface area contributed by atoms with Gasteiger partial charge >= 0.3 is 5.97 Å². The van der Waals surface area contributed by atoms with E-state index in [1.807, 2.05) is 0 Å². The number of halogens is 2. The smallest absolute Gasteiger partial charge is 0.344 e. The Hall–Kier alpha value is -2.25. The molecule has 1 heterocycles. The zero-order valence-electron chi connectivity index (χ0n) is 14.5. The summed E-state index contributed by atoms with van der Waals surface area (Å²) in [6, 6.07) is 3.09. The molecule has 0 spiro atoms. The van der Waals surface area contributed by atoms with Gasteiger partial charge in [-0.15, -0.1) is 10.2 Å². The molecule has 2 aliphatic rings. The molecule has 2 unspecified atom stereocenters. The Bertz CT molecular complexity index is 970. The van der Waals surface area contributed by atoms with Gasteiger partial charge in [0.2, 0.25) is 0 Å². The molecule has 2 aromatic rings. The summed E-state index contributed by atoms with van der Waals surface area (Å²) in [6.07, 6.45) is 3.90. The van der Waals surface area contributed by atoms with Crippen molar-refractivity contribution in [1.29, 1.82) is 0 Å². The van der Waals surface area contributed by atoms with E-state index in [9.17, 15) is 9.59 Å². The maximum atomic E-state index is 12.7. The van der Waals surface area contributed by atoms with E-state index in [1.54, 1.807) is 13.0 Å². The molecule has 0 amide bonds. The number of hydrogen-bond acceptors (Lipinski definition) is 6. The predicted molar refractivity (Wildman–Crippen MR) is 97.5 cm³/mol. The van der Waals surface area contributed by atoms with E-state index < -0.39 is 5.97 Å². The summed E-state index contributed by atoms with van der Waals surface area (Å²) in [6.45, 7) is 1.89. The van der Waals surface area contributed by atoms with Crippen LogP contribution in [0.3, 0.4) is 0 Å².